The highest BCUT2D eigenvalue weighted by atomic mass is 16.4. The number of hydrogen-bond acceptors (Lipinski definition) is 2. The van der Waals surface area contributed by atoms with Gasteiger partial charge in [-0.15, -0.1) is 0 Å². The minimum atomic E-state index is -0.805. The van der Waals surface area contributed by atoms with Crippen molar-refractivity contribution < 1.29 is 9.90 Å². The van der Waals surface area contributed by atoms with Gasteiger partial charge in [-0.1, -0.05) is 25.1 Å². The van der Waals surface area contributed by atoms with Crippen molar-refractivity contribution >= 4 is 11.7 Å². The van der Waals surface area contributed by atoms with Crippen molar-refractivity contribution in [1.82, 2.24) is 0 Å². The third-order valence-electron chi connectivity index (χ3n) is 2.51. The molecule has 0 bridgehead atoms. The maximum Gasteiger partial charge on any atom is 0.326 e. The van der Waals surface area contributed by atoms with E-state index < -0.39 is 12.0 Å². The van der Waals surface area contributed by atoms with Crippen molar-refractivity contribution in [1.29, 1.82) is 0 Å². The van der Waals surface area contributed by atoms with Gasteiger partial charge in [0.05, 0.1) is 0 Å². The highest BCUT2D eigenvalue weighted by Gasteiger charge is 2.15. The van der Waals surface area contributed by atoms with Gasteiger partial charge in [-0.2, -0.15) is 0 Å². The Morgan fingerprint density at radius 2 is 1.93 bits per heavy atom. The van der Waals surface area contributed by atoms with Gasteiger partial charge in [0.25, 0.3) is 0 Å². The maximum atomic E-state index is 10.9. The molecular weight excluding hydrogens is 190 g/mol. The van der Waals surface area contributed by atoms with Crippen LogP contribution in [0.5, 0.6) is 0 Å². The molecule has 0 radical (unpaired) electrons. The predicted octanol–water partition coefficient (Wildman–Crippen LogP) is 2.58. The summed E-state index contributed by atoms with van der Waals surface area (Å²) in [6.45, 7) is 5.81. The molecular formula is C12H17NO2. The van der Waals surface area contributed by atoms with E-state index in [1.807, 2.05) is 39.0 Å². The van der Waals surface area contributed by atoms with Crippen LogP contribution in [0.4, 0.5) is 5.69 Å². The first kappa shape index (κ1) is 11.6. The van der Waals surface area contributed by atoms with E-state index in [0.717, 1.165) is 16.8 Å². The third kappa shape index (κ3) is 2.72. The molecule has 1 atom stereocenters. The molecule has 1 aromatic carbocycles. The highest BCUT2D eigenvalue weighted by Crippen LogP contribution is 2.20. The Morgan fingerprint density at radius 1 is 1.40 bits per heavy atom. The summed E-state index contributed by atoms with van der Waals surface area (Å²) in [7, 11) is 0. The Labute approximate surface area is 90.1 Å². The van der Waals surface area contributed by atoms with Crippen molar-refractivity contribution in [3.05, 3.63) is 29.3 Å². The van der Waals surface area contributed by atoms with Crippen molar-refractivity contribution in [2.45, 2.75) is 33.2 Å². The molecule has 3 nitrogen and oxygen atoms in total. The molecule has 2 N–H and O–H groups in total. The van der Waals surface area contributed by atoms with Gasteiger partial charge < -0.3 is 10.4 Å². The maximum absolute atomic E-state index is 10.9. The molecule has 0 heterocycles. The van der Waals surface area contributed by atoms with E-state index in [2.05, 4.69) is 5.32 Å². The van der Waals surface area contributed by atoms with Gasteiger partial charge >= 0.3 is 5.97 Å². The predicted molar refractivity (Wildman–Crippen MR) is 61.3 cm³/mol. The molecule has 0 saturated heterocycles. The quantitative estimate of drug-likeness (QED) is 0.797. The Kier molecular flexibility index (Phi) is 3.72. The van der Waals surface area contributed by atoms with Crippen LogP contribution < -0.4 is 5.32 Å². The number of para-hydroxylation sites is 1. The number of rotatable bonds is 4. The number of aliphatic carboxylic acids is 1. The molecule has 0 aromatic heterocycles. The highest BCUT2D eigenvalue weighted by molar-refractivity contribution is 5.78. The standard InChI is InChI=1S/C12H17NO2/c1-4-10(12(14)15)13-11-8(2)6-5-7-9(11)3/h5-7,10,13H,4H2,1-3H3,(H,14,15). The lowest BCUT2D eigenvalue weighted by molar-refractivity contribution is -0.137. The van der Waals surface area contributed by atoms with Crippen molar-refractivity contribution in [2.75, 3.05) is 5.32 Å². The van der Waals surface area contributed by atoms with Gasteiger partial charge in [-0.05, 0) is 31.4 Å². The average molecular weight is 207 g/mol. The average Bonchev–Trinajstić information content (AvgIpc) is 2.17. The number of nitrogens with one attached hydrogen (secondary N) is 1. The zero-order valence-electron chi connectivity index (χ0n) is 9.37. The summed E-state index contributed by atoms with van der Waals surface area (Å²) in [5.41, 5.74) is 3.09. The van der Waals surface area contributed by atoms with Crippen LogP contribution in [0, 0.1) is 13.8 Å². The van der Waals surface area contributed by atoms with Crippen LogP contribution in [0.2, 0.25) is 0 Å². The largest absolute Gasteiger partial charge is 0.480 e. The van der Waals surface area contributed by atoms with E-state index >= 15 is 0 Å². The second-order valence-corrected chi connectivity index (χ2v) is 3.71. The molecule has 0 aliphatic carbocycles. The zero-order chi connectivity index (χ0) is 11.4. The van der Waals surface area contributed by atoms with Gasteiger partial charge in [0.1, 0.15) is 6.04 Å². The van der Waals surface area contributed by atoms with Crippen LogP contribution in [-0.4, -0.2) is 17.1 Å². The molecule has 0 amide bonds. The minimum absolute atomic E-state index is 0.509. The summed E-state index contributed by atoms with van der Waals surface area (Å²) in [4.78, 5) is 10.9. The summed E-state index contributed by atoms with van der Waals surface area (Å²) in [5, 5.41) is 12.0. The number of aryl methyl sites for hydroxylation is 2. The SMILES string of the molecule is CCC(Nc1c(C)cccc1C)C(=O)O. The first-order chi connectivity index (χ1) is 7.06. The van der Waals surface area contributed by atoms with E-state index in [1.54, 1.807) is 0 Å². The van der Waals surface area contributed by atoms with Crippen LogP contribution in [-0.2, 0) is 4.79 Å². The summed E-state index contributed by atoms with van der Waals surface area (Å²) in [6, 6.07) is 5.41. The lowest BCUT2D eigenvalue weighted by Crippen LogP contribution is -2.28. The first-order valence-electron chi connectivity index (χ1n) is 5.11. The first-order valence-corrected chi connectivity index (χ1v) is 5.11. The molecule has 1 unspecified atom stereocenters. The fourth-order valence-corrected chi connectivity index (χ4v) is 1.55. The van der Waals surface area contributed by atoms with Crippen molar-refractivity contribution in [2.24, 2.45) is 0 Å². The van der Waals surface area contributed by atoms with Crippen LogP contribution in [0.3, 0.4) is 0 Å². The number of benzene rings is 1. The monoisotopic (exact) mass is 207 g/mol. The number of carboxylic acids is 1. The van der Waals surface area contributed by atoms with Gasteiger partial charge in [-0.3, -0.25) is 0 Å². The van der Waals surface area contributed by atoms with Crippen LogP contribution in [0.1, 0.15) is 24.5 Å². The van der Waals surface area contributed by atoms with E-state index in [-0.39, 0.29) is 0 Å². The third-order valence-corrected chi connectivity index (χ3v) is 2.51. The molecule has 0 saturated carbocycles. The normalized spacial score (nSPS) is 12.2. The number of anilines is 1. The van der Waals surface area contributed by atoms with Crippen LogP contribution in [0.25, 0.3) is 0 Å². The Balaban J connectivity index is 2.92. The van der Waals surface area contributed by atoms with Crippen molar-refractivity contribution in [3.63, 3.8) is 0 Å². The number of carboxylic acid groups (broad SMARTS) is 1. The molecule has 82 valence electrons. The van der Waals surface area contributed by atoms with Crippen LogP contribution in [0.15, 0.2) is 18.2 Å². The smallest absolute Gasteiger partial charge is 0.326 e. The topological polar surface area (TPSA) is 49.3 Å². The van der Waals surface area contributed by atoms with Gasteiger partial charge in [0.2, 0.25) is 0 Å². The van der Waals surface area contributed by atoms with E-state index in [4.69, 9.17) is 5.11 Å². The van der Waals surface area contributed by atoms with E-state index in [1.165, 1.54) is 0 Å². The van der Waals surface area contributed by atoms with Gasteiger partial charge in [-0.25, -0.2) is 4.79 Å². The molecule has 1 aromatic rings. The lowest BCUT2D eigenvalue weighted by Gasteiger charge is -2.17. The number of carbonyl (C=O) groups is 1. The van der Waals surface area contributed by atoms with Crippen LogP contribution >= 0.6 is 0 Å². The Hall–Kier alpha value is -1.51. The fourth-order valence-electron chi connectivity index (χ4n) is 1.55. The van der Waals surface area contributed by atoms with Gasteiger partial charge in [0, 0.05) is 5.69 Å². The lowest BCUT2D eigenvalue weighted by atomic mass is 10.1. The molecule has 0 spiro atoms. The Bertz CT molecular complexity index is 340. The summed E-state index contributed by atoms with van der Waals surface area (Å²) in [5.74, 6) is -0.805. The minimum Gasteiger partial charge on any atom is -0.480 e. The second-order valence-electron chi connectivity index (χ2n) is 3.71. The summed E-state index contributed by atoms with van der Waals surface area (Å²) in [6.07, 6.45) is 0.573. The molecule has 15 heavy (non-hydrogen) atoms. The Morgan fingerprint density at radius 3 is 2.33 bits per heavy atom. The van der Waals surface area contributed by atoms with Crippen molar-refractivity contribution in [3.8, 4) is 0 Å². The molecule has 3 heteroatoms. The molecule has 1 rings (SSSR count). The molecule has 0 aliphatic rings. The van der Waals surface area contributed by atoms with Gasteiger partial charge in [0.15, 0.2) is 0 Å². The van der Waals surface area contributed by atoms with E-state index in [9.17, 15) is 4.79 Å². The molecule has 0 aliphatic heterocycles. The van der Waals surface area contributed by atoms with E-state index in [0.29, 0.717) is 6.42 Å². The fraction of sp³-hybridized carbons (Fsp3) is 0.417. The molecule has 0 fully saturated rings. The number of hydrogen-bond donors (Lipinski definition) is 2. The zero-order valence-corrected chi connectivity index (χ0v) is 9.37. The summed E-state index contributed by atoms with van der Waals surface area (Å²) >= 11 is 0. The second kappa shape index (κ2) is 4.82. The summed E-state index contributed by atoms with van der Waals surface area (Å²) < 4.78 is 0.